The van der Waals surface area contributed by atoms with Gasteiger partial charge in [-0.1, -0.05) is 0 Å². The van der Waals surface area contributed by atoms with Crippen molar-refractivity contribution in [1.29, 1.82) is 0 Å². The third kappa shape index (κ3) is 4.43. The second kappa shape index (κ2) is 8.33. The van der Waals surface area contributed by atoms with E-state index < -0.39 is 35.8 Å². The number of methoxy groups -OCH3 is 2. The summed E-state index contributed by atoms with van der Waals surface area (Å²) < 4.78 is 49.9. The Hall–Kier alpha value is -2.89. The van der Waals surface area contributed by atoms with Crippen molar-refractivity contribution in [3.63, 3.8) is 0 Å². The van der Waals surface area contributed by atoms with Crippen LogP contribution < -0.4 is 5.32 Å². The molecule has 0 saturated heterocycles. The minimum Gasteiger partial charge on any atom is -0.465 e. The summed E-state index contributed by atoms with van der Waals surface area (Å²) in [6, 6.07) is -0.132. The Bertz CT molecular complexity index is 1040. The topological polar surface area (TPSA) is 99.5 Å². The highest BCUT2D eigenvalue weighted by Gasteiger charge is 2.39. The van der Waals surface area contributed by atoms with Gasteiger partial charge in [0.15, 0.2) is 5.69 Å². The van der Waals surface area contributed by atoms with Gasteiger partial charge in [0.1, 0.15) is 15.9 Å². The molecule has 1 aliphatic carbocycles. The van der Waals surface area contributed by atoms with Gasteiger partial charge in [-0.05, 0) is 38.3 Å². The van der Waals surface area contributed by atoms with E-state index in [1.165, 1.54) is 21.0 Å². The number of hydrogen-bond acceptors (Lipinski definition) is 7. The van der Waals surface area contributed by atoms with E-state index in [0.29, 0.717) is 5.69 Å². The Morgan fingerprint density at radius 2 is 1.84 bits per heavy atom. The van der Waals surface area contributed by atoms with Crippen LogP contribution in [0.5, 0.6) is 0 Å². The molecule has 2 aromatic rings. The van der Waals surface area contributed by atoms with E-state index in [4.69, 9.17) is 9.47 Å². The van der Waals surface area contributed by atoms with Crippen LogP contribution in [0.25, 0.3) is 0 Å². The third-order valence-electron chi connectivity index (χ3n) is 4.94. The summed E-state index contributed by atoms with van der Waals surface area (Å²) in [4.78, 5) is 37.2. The van der Waals surface area contributed by atoms with Gasteiger partial charge < -0.3 is 14.8 Å². The lowest BCUT2D eigenvalue weighted by atomic mass is 10.1. The fourth-order valence-corrected chi connectivity index (χ4v) is 4.22. The fourth-order valence-electron chi connectivity index (χ4n) is 3.11. The van der Waals surface area contributed by atoms with Crippen LogP contribution in [0.2, 0.25) is 0 Å². The van der Waals surface area contributed by atoms with Gasteiger partial charge >= 0.3 is 18.1 Å². The molecule has 1 unspecified atom stereocenters. The van der Waals surface area contributed by atoms with Crippen molar-refractivity contribution in [1.82, 2.24) is 9.78 Å². The summed E-state index contributed by atoms with van der Waals surface area (Å²) >= 11 is 0.819. The zero-order valence-corrected chi connectivity index (χ0v) is 17.9. The molecular weight excluding hydrogens is 439 g/mol. The maximum atomic E-state index is 13.1. The largest absolute Gasteiger partial charge is 0.465 e. The molecule has 12 heteroatoms. The van der Waals surface area contributed by atoms with Crippen molar-refractivity contribution in [3.8, 4) is 0 Å². The lowest BCUT2D eigenvalue weighted by molar-refractivity contribution is -0.141. The summed E-state index contributed by atoms with van der Waals surface area (Å²) in [6.45, 7) is 2.91. The Morgan fingerprint density at radius 3 is 2.35 bits per heavy atom. The third-order valence-corrected chi connectivity index (χ3v) is 6.13. The van der Waals surface area contributed by atoms with Gasteiger partial charge in [0.05, 0.1) is 19.8 Å². The van der Waals surface area contributed by atoms with E-state index in [1.54, 1.807) is 0 Å². The Balaban J connectivity index is 1.94. The number of nitrogens with one attached hydrogen (secondary N) is 1. The van der Waals surface area contributed by atoms with Gasteiger partial charge in [-0.3, -0.25) is 9.48 Å². The first-order valence-corrected chi connectivity index (χ1v) is 10.1. The van der Waals surface area contributed by atoms with Crippen molar-refractivity contribution in [2.24, 2.45) is 0 Å². The maximum absolute atomic E-state index is 13.1. The summed E-state index contributed by atoms with van der Waals surface area (Å²) in [5.41, 5.74) is -0.485. The molecule has 0 aromatic carbocycles. The molecule has 31 heavy (non-hydrogen) atoms. The van der Waals surface area contributed by atoms with E-state index in [9.17, 15) is 27.6 Å². The Morgan fingerprint density at radius 1 is 1.23 bits per heavy atom. The quantitative estimate of drug-likeness (QED) is 0.658. The number of halogens is 3. The number of aromatic nitrogens is 2. The number of carbonyl (C=O) groups is 3. The number of thiophene rings is 1. The molecule has 2 aromatic heterocycles. The predicted molar refractivity (Wildman–Crippen MR) is 104 cm³/mol. The molecule has 0 spiro atoms. The van der Waals surface area contributed by atoms with E-state index >= 15 is 0 Å². The van der Waals surface area contributed by atoms with Crippen LogP contribution in [0.1, 0.15) is 68.7 Å². The summed E-state index contributed by atoms with van der Waals surface area (Å²) in [5, 5.41) is 6.18. The molecule has 1 N–H and O–H groups in total. The number of alkyl halides is 3. The molecule has 8 nitrogen and oxygen atoms in total. The molecule has 0 bridgehead atoms. The number of anilines is 1. The molecule has 1 atom stereocenters. The lowest BCUT2D eigenvalue weighted by Gasteiger charge is -2.15. The first-order chi connectivity index (χ1) is 14.5. The van der Waals surface area contributed by atoms with Gasteiger partial charge in [-0.15, -0.1) is 11.3 Å². The number of esters is 2. The monoisotopic (exact) mass is 459 g/mol. The molecule has 1 fully saturated rings. The number of amides is 1. The average Bonchev–Trinajstić information content (AvgIpc) is 3.37. The van der Waals surface area contributed by atoms with E-state index in [1.807, 2.05) is 0 Å². The Kier molecular flexibility index (Phi) is 6.12. The van der Waals surface area contributed by atoms with Crippen LogP contribution in [-0.4, -0.2) is 41.8 Å². The maximum Gasteiger partial charge on any atom is 0.435 e. The van der Waals surface area contributed by atoms with Crippen molar-refractivity contribution in [2.45, 2.75) is 44.8 Å². The smallest absolute Gasteiger partial charge is 0.435 e. The van der Waals surface area contributed by atoms with Crippen LogP contribution in [0, 0.1) is 6.92 Å². The fraction of sp³-hybridized carbons (Fsp3) is 0.474. The molecule has 1 amide bonds. The predicted octanol–water partition coefficient (Wildman–Crippen LogP) is 3.92. The van der Waals surface area contributed by atoms with Crippen molar-refractivity contribution in [2.75, 3.05) is 19.5 Å². The molecular formula is C19H20F3N3O5S. The number of ether oxygens (including phenoxy) is 2. The molecule has 0 radical (unpaired) electrons. The highest BCUT2D eigenvalue weighted by molar-refractivity contribution is 7.18. The molecule has 2 heterocycles. The number of nitrogens with zero attached hydrogens (tertiary/aromatic N) is 2. The number of hydrogen-bond donors (Lipinski definition) is 1. The van der Waals surface area contributed by atoms with E-state index in [-0.39, 0.29) is 26.9 Å². The molecule has 1 saturated carbocycles. The van der Waals surface area contributed by atoms with Crippen molar-refractivity contribution < 1.29 is 37.0 Å². The summed E-state index contributed by atoms with van der Waals surface area (Å²) in [6.07, 6.45) is -3.20. The molecule has 1 aliphatic rings. The van der Waals surface area contributed by atoms with Gasteiger partial charge in [0, 0.05) is 11.6 Å². The highest BCUT2D eigenvalue weighted by Crippen LogP contribution is 2.43. The van der Waals surface area contributed by atoms with Crippen molar-refractivity contribution >= 4 is 34.2 Å². The SMILES string of the molecule is COC(=O)c1sc(NC(=O)C(C)n2nc(C(F)(F)F)cc2C2CC2)c(C(=O)OC)c1C. The van der Waals surface area contributed by atoms with Crippen LogP contribution in [-0.2, 0) is 20.4 Å². The van der Waals surface area contributed by atoms with Crippen LogP contribution in [0.15, 0.2) is 6.07 Å². The first kappa shape index (κ1) is 22.8. The van der Waals surface area contributed by atoms with Crippen molar-refractivity contribution in [3.05, 3.63) is 33.5 Å². The average molecular weight is 459 g/mol. The zero-order chi connectivity index (χ0) is 23.1. The first-order valence-electron chi connectivity index (χ1n) is 9.27. The minimum absolute atomic E-state index is 0.0210. The standard InChI is InChI=1S/C19H20F3N3O5S/c1-8-13(17(27)29-3)16(31-14(8)18(28)30-4)23-15(26)9(2)25-11(10-5-6-10)7-12(24-25)19(20,21)22/h7,9-10H,5-6H2,1-4H3,(H,23,26). The second-order valence-electron chi connectivity index (χ2n) is 7.08. The lowest BCUT2D eigenvalue weighted by Crippen LogP contribution is -2.26. The minimum atomic E-state index is -4.64. The van der Waals surface area contributed by atoms with Gasteiger partial charge in [0.25, 0.3) is 0 Å². The van der Waals surface area contributed by atoms with Gasteiger partial charge in [-0.25, -0.2) is 9.59 Å². The van der Waals surface area contributed by atoms with Crippen LogP contribution in [0.3, 0.4) is 0 Å². The zero-order valence-electron chi connectivity index (χ0n) is 17.1. The second-order valence-corrected chi connectivity index (χ2v) is 8.10. The molecule has 168 valence electrons. The normalized spacial score (nSPS) is 14.8. The molecule has 3 rings (SSSR count). The number of rotatable bonds is 6. The summed E-state index contributed by atoms with van der Waals surface area (Å²) in [5.74, 6) is -2.25. The molecule has 0 aliphatic heterocycles. The van der Waals surface area contributed by atoms with E-state index in [2.05, 4.69) is 10.4 Å². The van der Waals surface area contributed by atoms with E-state index in [0.717, 1.165) is 42.0 Å². The van der Waals surface area contributed by atoms with Crippen LogP contribution in [0.4, 0.5) is 18.2 Å². The van der Waals surface area contributed by atoms with Crippen LogP contribution >= 0.6 is 11.3 Å². The summed E-state index contributed by atoms with van der Waals surface area (Å²) in [7, 11) is 2.32. The van der Waals surface area contributed by atoms with Gasteiger partial charge in [-0.2, -0.15) is 18.3 Å². The van der Waals surface area contributed by atoms with Gasteiger partial charge in [0.2, 0.25) is 5.91 Å². The Labute approximate surface area is 179 Å². The number of carbonyl (C=O) groups excluding carboxylic acids is 3. The highest BCUT2D eigenvalue weighted by atomic mass is 32.1.